The Morgan fingerprint density at radius 2 is 1.97 bits per heavy atom. The van der Waals surface area contributed by atoms with Crippen molar-refractivity contribution in [2.75, 3.05) is 0 Å². The van der Waals surface area contributed by atoms with Crippen molar-refractivity contribution < 1.29 is 4.42 Å². The summed E-state index contributed by atoms with van der Waals surface area (Å²) in [6.45, 7) is 5.13. The molecule has 0 amide bonds. The van der Waals surface area contributed by atoms with E-state index in [-0.39, 0.29) is 0 Å². The van der Waals surface area contributed by atoms with Crippen LogP contribution in [0.3, 0.4) is 0 Å². The lowest BCUT2D eigenvalue weighted by Crippen LogP contribution is -2.44. The summed E-state index contributed by atoms with van der Waals surface area (Å²) >= 11 is 0. The normalized spacial score (nSPS) is 15.8. The lowest BCUT2D eigenvalue weighted by atomic mass is 9.96. The van der Waals surface area contributed by atoms with Gasteiger partial charge in [0.2, 0.25) is 0 Å². The van der Waals surface area contributed by atoms with Crippen molar-refractivity contribution in [3.63, 3.8) is 0 Å². The number of aliphatic imine (C=N–C) groups is 1. The molecule has 0 spiro atoms. The number of guanidine groups is 1. The highest BCUT2D eigenvalue weighted by Gasteiger charge is 2.16. The standard InChI is InChI=1S/C22H30N6O/c1-15-18-11-7-8-12-19(18)29-20(15)13-23-22(25-17-9-5-4-6-10-17)24-14-21-27-26-16(2)28(21)3/h7-8,11-12,17H,4-6,9-10,13-14H2,1-3H3,(H2,23,24,25). The number of rotatable bonds is 5. The van der Waals surface area contributed by atoms with E-state index in [9.17, 15) is 0 Å². The van der Waals surface area contributed by atoms with Crippen molar-refractivity contribution in [3.05, 3.63) is 47.2 Å². The first kappa shape index (κ1) is 19.5. The van der Waals surface area contributed by atoms with Gasteiger partial charge in [0.05, 0.1) is 6.54 Å². The van der Waals surface area contributed by atoms with Crippen LogP contribution in [0.5, 0.6) is 0 Å². The number of aryl methyl sites for hydroxylation is 2. The lowest BCUT2D eigenvalue weighted by Gasteiger charge is -2.25. The number of benzene rings is 1. The molecule has 0 atom stereocenters. The van der Waals surface area contributed by atoms with E-state index in [0.717, 1.165) is 34.3 Å². The summed E-state index contributed by atoms with van der Waals surface area (Å²) in [5, 5.41) is 16.6. The Bertz CT molecular complexity index is 996. The molecule has 7 nitrogen and oxygen atoms in total. The van der Waals surface area contributed by atoms with Gasteiger partial charge >= 0.3 is 0 Å². The molecule has 29 heavy (non-hydrogen) atoms. The fraction of sp³-hybridized carbons (Fsp3) is 0.500. The van der Waals surface area contributed by atoms with Crippen LogP contribution in [0, 0.1) is 13.8 Å². The van der Waals surface area contributed by atoms with Crippen molar-refractivity contribution in [2.24, 2.45) is 12.0 Å². The first-order chi connectivity index (χ1) is 14.1. The van der Waals surface area contributed by atoms with Crippen molar-refractivity contribution >= 4 is 16.9 Å². The Hall–Kier alpha value is -2.83. The van der Waals surface area contributed by atoms with Gasteiger partial charge in [-0.15, -0.1) is 10.2 Å². The summed E-state index contributed by atoms with van der Waals surface area (Å²) in [6, 6.07) is 8.62. The molecule has 0 aliphatic heterocycles. The Morgan fingerprint density at radius 1 is 1.17 bits per heavy atom. The number of hydrogen-bond acceptors (Lipinski definition) is 4. The number of aromatic nitrogens is 3. The number of nitrogens with one attached hydrogen (secondary N) is 2. The molecule has 4 rings (SSSR count). The molecule has 2 N–H and O–H groups in total. The van der Waals surface area contributed by atoms with Crippen LogP contribution in [0.1, 0.15) is 55.1 Å². The number of furan rings is 1. The molecule has 0 bridgehead atoms. The predicted molar refractivity (Wildman–Crippen MR) is 115 cm³/mol. The number of fused-ring (bicyclic) bond motifs is 1. The van der Waals surface area contributed by atoms with Crippen molar-refractivity contribution in [1.82, 2.24) is 25.4 Å². The molecular weight excluding hydrogens is 364 g/mol. The van der Waals surface area contributed by atoms with Crippen molar-refractivity contribution in [3.8, 4) is 0 Å². The van der Waals surface area contributed by atoms with Crippen LogP contribution in [0.25, 0.3) is 11.0 Å². The van der Waals surface area contributed by atoms with Crippen molar-refractivity contribution in [2.45, 2.75) is 65.1 Å². The molecule has 0 unspecified atom stereocenters. The molecule has 1 fully saturated rings. The molecule has 1 aromatic carbocycles. The molecule has 2 aromatic heterocycles. The van der Waals surface area contributed by atoms with Crippen LogP contribution in [0.4, 0.5) is 0 Å². The van der Waals surface area contributed by atoms with Crippen LogP contribution in [0.15, 0.2) is 33.7 Å². The zero-order chi connectivity index (χ0) is 20.2. The molecular formula is C22H30N6O. The monoisotopic (exact) mass is 394 g/mol. The molecule has 0 saturated heterocycles. The second kappa shape index (κ2) is 8.68. The van der Waals surface area contributed by atoms with Gasteiger partial charge in [-0.2, -0.15) is 0 Å². The highest BCUT2D eigenvalue weighted by molar-refractivity contribution is 5.83. The van der Waals surface area contributed by atoms with E-state index in [4.69, 9.17) is 9.41 Å². The summed E-state index contributed by atoms with van der Waals surface area (Å²) in [5.74, 6) is 3.49. The van der Waals surface area contributed by atoms with Crippen LogP contribution >= 0.6 is 0 Å². The van der Waals surface area contributed by atoms with Gasteiger partial charge in [0.1, 0.15) is 23.7 Å². The Morgan fingerprint density at radius 3 is 2.69 bits per heavy atom. The minimum absolute atomic E-state index is 0.466. The molecule has 3 aromatic rings. The smallest absolute Gasteiger partial charge is 0.192 e. The first-order valence-electron chi connectivity index (χ1n) is 10.5. The van der Waals surface area contributed by atoms with E-state index in [0.29, 0.717) is 19.1 Å². The molecule has 0 radical (unpaired) electrons. The summed E-state index contributed by atoms with van der Waals surface area (Å²) in [7, 11) is 1.97. The average molecular weight is 395 g/mol. The zero-order valence-corrected chi connectivity index (χ0v) is 17.5. The predicted octanol–water partition coefficient (Wildman–Crippen LogP) is 3.75. The van der Waals surface area contributed by atoms with Gasteiger partial charge in [-0.3, -0.25) is 0 Å². The van der Waals surface area contributed by atoms with Gasteiger partial charge in [0.15, 0.2) is 11.8 Å². The Labute approximate surface area is 171 Å². The quantitative estimate of drug-likeness (QED) is 0.509. The van der Waals surface area contributed by atoms with Gasteiger partial charge in [-0.1, -0.05) is 37.5 Å². The van der Waals surface area contributed by atoms with Gasteiger partial charge < -0.3 is 19.6 Å². The minimum atomic E-state index is 0.466. The van der Waals surface area contributed by atoms with E-state index < -0.39 is 0 Å². The van der Waals surface area contributed by atoms with E-state index in [1.165, 1.54) is 37.7 Å². The first-order valence-corrected chi connectivity index (χ1v) is 10.5. The second-order valence-corrected chi connectivity index (χ2v) is 7.87. The highest BCUT2D eigenvalue weighted by Crippen LogP contribution is 2.24. The SMILES string of the molecule is Cc1c(CNC(=NCc2nnc(C)n2C)NC2CCCCC2)oc2ccccc12. The maximum Gasteiger partial charge on any atom is 0.192 e. The number of nitrogens with zero attached hydrogens (tertiary/aromatic N) is 4. The Kier molecular flexibility index (Phi) is 5.83. The molecule has 7 heteroatoms. The minimum Gasteiger partial charge on any atom is -0.459 e. The van der Waals surface area contributed by atoms with E-state index in [1.54, 1.807) is 0 Å². The number of hydrogen-bond donors (Lipinski definition) is 2. The van der Waals surface area contributed by atoms with E-state index in [2.05, 4.69) is 33.8 Å². The topological polar surface area (TPSA) is 80.3 Å². The van der Waals surface area contributed by atoms with Gasteiger partial charge in [0, 0.05) is 24.0 Å². The summed E-state index contributed by atoms with van der Waals surface area (Å²) < 4.78 is 8.03. The maximum atomic E-state index is 6.05. The fourth-order valence-electron chi connectivity index (χ4n) is 3.89. The molecule has 1 saturated carbocycles. The average Bonchev–Trinajstić information content (AvgIpc) is 3.24. The lowest BCUT2D eigenvalue weighted by molar-refractivity contribution is 0.408. The van der Waals surface area contributed by atoms with Crippen molar-refractivity contribution in [1.29, 1.82) is 0 Å². The zero-order valence-electron chi connectivity index (χ0n) is 17.5. The Balaban J connectivity index is 1.49. The van der Waals surface area contributed by atoms with Crippen LogP contribution in [0.2, 0.25) is 0 Å². The third-order valence-corrected chi connectivity index (χ3v) is 5.87. The molecule has 2 heterocycles. The maximum absolute atomic E-state index is 6.05. The molecule has 154 valence electrons. The van der Waals surface area contributed by atoms with Gasteiger partial charge in [-0.05, 0) is 32.8 Å². The van der Waals surface area contributed by atoms with Crippen LogP contribution in [-0.2, 0) is 20.1 Å². The largest absolute Gasteiger partial charge is 0.459 e. The van der Waals surface area contributed by atoms with E-state index in [1.807, 2.05) is 36.7 Å². The summed E-state index contributed by atoms with van der Waals surface area (Å²) in [6.07, 6.45) is 6.25. The van der Waals surface area contributed by atoms with E-state index >= 15 is 0 Å². The van der Waals surface area contributed by atoms with Crippen LogP contribution < -0.4 is 10.6 Å². The second-order valence-electron chi connectivity index (χ2n) is 7.87. The molecule has 1 aliphatic rings. The summed E-state index contributed by atoms with van der Waals surface area (Å²) in [4.78, 5) is 4.79. The molecule has 1 aliphatic carbocycles. The summed E-state index contributed by atoms with van der Waals surface area (Å²) in [5.41, 5.74) is 2.10. The van der Waals surface area contributed by atoms with Gasteiger partial charge in [-0.25, -0.2) is 4.99 Å². The van der Waals surface area contributed by atoms with Gasteiger partial charge in [0.25, 0.3) is 0 Å². The third-order valence-electron chi connectivity index (χ3n) is 5.87. The highest BCUT2D eigenvalue weighted by atomic mass is 16.3. The third kappa shape index (κ3) is 4.44. The van der Waals surface area contributed by atoms with Crippen LogP contribution in [-0.4, -0.2) is 26.8 Å². The fourth-order valence-corrected chi connectivity index (χ4v) is 3.89. The number of para-hydroxylation sites is 1.